The maximum atomic E-state index is 13.1. The zero-order chi connectivity index (χ0) is 24.8. The zero-order valence-electron chi connectivity index (χ0n) is 20.2. The number of alkyl carbamates (subject to hydrolysis) is 1. The van der Waals surface area contributed by atoms with Crippen LogP contribution >= 0.6 is 0 Å². The molecule has 0 saturated heterocycles. The van der Waals surface area contributed by atoms with E-state index in [1.807, 2.05) is 31.2 Å². The minimum atomic E-state index is -1.02. The van der Waals surface area contributed by atoms with Gasteiger partial charge < -0.3 is 20.5 Å². The van der Waals surface area contributed by atoms with Gasteiger partial charge in [0.1, 0.15) is 12.6 Å². The summed E-state index contributed by atoms with van der Waals surface area (Å²) < 4.78 is 5.62. The van der Waals surface area contributed by atoms with Crippen LogP contribution in [0.5, 0.6) is 0 Å². The highest BCUT2D eigenvalue weighted by atomic mass is 16.5. The largest absolute Gasteiger partial charge is 0.480 e. The number of fused-ring (bicyclic) bond motifs is 3. The SMILES string of the molecule is CCCCC(NC(=O)C1(CNC(=O)OCC2c3ccccc3-c3ccccc32)CCCC1)C(=O)O. The van der Waals surface area contributed by atoms with Crippen LogP contribution in [0, 0.1) is 5.41 Å². The maximum Gasteiger partial charge on any atom is 0.407 e. The smallest absolute Gasteiger partial charge is 0.407 e. The zero-order valence-corrected chi connectivity index (χ0v) is 20.2. The lowest BCUT2D eigenvalue weighted by molar-refractivity contribution is -0.144. The number of carboxylic acid groups (broad SMARTS) is 1. The third-order valence-corrected chi connectivity index (χ3v) is 7.41. The van der Waals surface area contributed by atoms with Crippen molar-refractivity contribution in [2.45, 2.75) is 63.8 Å². The molecule has 1 fully saturated rings. The molecule has 0 radical (unpaired) electrons. The summed E-state index contributed by atoms with van der Waals surface area (Å²) in [6.45, 7) is 2.32. The fourth-order valence-electron chi connectivity index (χ4n) is 5.40. The average molecular weight is 479 g/mol. The highest BCUT2D eigenvalue weighted by molar-refractivity contribution is 5.88. The summed E-state index contributed by atoms with van der Waals surface area (Å²) in [4.78, 5) is 37.4. The molecule has 7 heteroatoms. The Bertz CT molecular complexity index is 1030. The Morgan fingerprint density at radius 3 is 2.20 bits per heavy atom. The van der Waals surface area contributed by atoms with Crippen LogP contribution in [0.1, 0.15) is 68.9 Å². The van der Waals surface area contributed by atoms with E-state index in [9.17, 15) is 19.5 Å². The number of hydrogen-bond acceptors (Lipinski definition) is 4. The molecule has 0 spiro atoms. The predicted octanol–water partition coefficient (Wildman–Crippen LogP) is 4.85. The molecule has 0 heterocycles. The second-order valence-electron chi connectivity index (χ2n) is 9.67. The summed E-state index contributed by atoms with van der Waals surface area (Å²) in [5.74, 6) is -1.35. The molecule has 4 rings (SSSR count). The summed E-state index contributed by atoms with van der Waals surface area (Å²) in [7, 11) is 0. The van der Waals surface area contributed by atoms with Crippen LogP contribution in [0.25, 0.3) is 11.1 Å². The first-order valence-electron chi connectivity index (χ1n) is 12.6. The van der Waals surface area contributed by atoms with Crippen LogP contribution in [0.2, 0.25) is 0 Å². The molecule has 2 aliphatic carbocycles. The van der Waals surface area contributed by atoms with Crippen molar-refractivity contribution >= 4 is 18.0 Å². The van der Waals surface area contributed by atoms with Crippen LogP contribution in [-0.4, -0.2) is 42.3 Å². The monoisotopic (exact) mass is 478 g/mol. The first-order chi connectivity index (χ1) is 16.9. The van der Waals surface area contributed by atoms with E-state index in [4.69, 9.17) is 4.74 Å². The number of nitrogens with one attached hydrogen (secondary N) is 2. The van der Waals surface area contributed by atoms with Crippen LogP contribution < -0.4 is 10.6 Å². The first kappa shape index (κ1) is 24.8. The second-order valence-corrected chi connectivity index (χ2v) is 9.67. The van der Waals surface area contributed by atoms with Crippen molar-refractivity contribution < 1.29 is 24.2 Å². The van der Waals surface area contributed by atoms with Gasteiger partial charge in [0.25, 0.3) is 0 Å². The van der Waals surface area contributed by atoms with Crippen molar-refractivity contribution in [2.75, 3.05) is 13.2 Å². The van der Waals surface area contributed by atoms with Gasteiger partial charge in [-0.15, -0.1) is 0 Å². The van der Waals surface area contributed by atoms with Crippen molar-refractivity contribution in [3.8, 4) is 11.1 Å². The number of carbonyl (C=O) groups excluding carboxylic acids is 2. The van der Waals surface area contributed by atoms with Gasteiger partial charge in [-0.3, -0.25) is 4.79 Å². The molecule has 0 aliphatic heterocycles. The molecule has 1 saturated carbocycles. The maximum absolute atomic E-state index is 13.1. The Kier molecular flexibility index (Phi) is 7.73. The summed E-state index contributed by atoms with van der Waals surface area (Å²) in [5.41, 5.74) is 3.80. The molecule has 2 aromatic rings. The lowest BCUT2D eigenvalue weighted by Gasteiger charge is -2.29. The minimum Gasteiger partial charge on any atom is -0.480 e. The number of amides is 2. The number of benzene rings is 2. The summed E-state index contributed by atoms with van der Waals surface area (Å²) in [5, 5.41) is 15.0. The highest BCUT2D eigenvalue weighted by Gasteiger charge is 2.43. The molecule has 2 aromatic carbocycles. The van der Waals surface area contributed by atoms with Gasteiger partial charge >= 0.3 is 12.1 Å². The van der Waals surface area contributed by atoms with Crippen LogP contribution in [-0.2, 0) is 14.3 Å². The third kappa shape index (κ3) is 5.34. The Labute approximate surface area is 206 Å². The Morgan fingerprint density at radius 2 is 1.63 bits per heavy atom. The Morgan fingerprint density at radius 1 is 1.03 bits per heavy atom. The number of aliphatic carboxylic acids is 1. The van der Waals surface area contributed by atoms with Gasteiger partial charge in [-0.2, -0.15) is 0 Å². The predicted molar refractivity (Wildman–Crippen MR) is 133 cm³/mol. The van der Waals surface area contributed by atoms with E-state index in [1.54, 1.807) is 0 Å². The van der Waals surface area contributed by atoms with Crippen molar-refractivity contribution in [1.82, 2.24) is 10.6 Å². The second kappa shape index (κ2) is 10.9. The molecule has 3 N–H and O–H groups in total. The van der Waals surface area contributed by atoms with Gasteiger partial charge in [0.05, 0.1) is 5.41 Å². The third-order valence-electron chi connectivity index (χ3n) is 7.41. The molecule has 35 heavy (non-hydrogen) atoms. The van der Waals surface area contributed by atoms with Crippen molar-refractivity contribution in [2.24, 2.45) is 5.41 Å². The highest BCUT2D eigenvalue weighted by Crippen LogP contribution is 2.44. The normalized spacial score (nSPS) is 16.7. The van der Waals surface area contributed by atoms with Crippen molar-refractivity contribution in [3.63, 3.8) is 0 Å². The standard InChI is InChI=1S/C28H34N2O5/c1-2-3-14-24(25(31)32)30-26(33)28(15-8-9-16-28)18-29-27(34)35-17-23-21-12-6-4-10-19(21)20-11-5-7-13-22(20)23/h4-7,10-13,23-24H,2-3,8-9,14-18H2,1H3,(H,29,34)(H,30,33)(H,31,32). The summed E-state index contributed by atoms with van der Waals surface area (Å²) in [6.07, 6.45) is 4.38. The van der Waals surface area contributed by atoms with E-state index in [1.165, 1.54) is 0 Å². The van der Waals surface area contributed by atoms with Gasteiger partial charge in [-0.05, 0) is 41.5 Å². The number of unbranched alkanes of at least 4 members (excludes halogenated alkanes) is 1. The molecule has 1 atom stereocenters. The first-order valence-corrected chi connectivity index (χ1v) is 12.6. The van der Waals surface area contributed by atoms with Crippen molar-refractivity contribution in [3.05, 3.63) is 59.7 Å². The quantitative estimate of drug-likeness (QED) is 0.453. The number of ether oxygens (including phenoxy) is 1. The summed E-state index contributed by atoms with van der Waals surface area (Å²) >= 11 is 0. The molecule has 1 unspecified atom stereocenters. The fourth-order valence-corrected chi connectivity index (χ4v) is 5.40. The van der Waals surface area contributed by atoms with Gasteiger partial charge in [0.15, 0.2) is 0 Å². The number of hydrogen-bond donors (Lipinski definition) is 3. The molecule has 0 bridgehead atoms. The van der Waals surface area contributed by atoms with Gasteiger partial charge in [0, 0.05) is 12.5 Å². The Hall–Kier alpha value is -3.35. The Balaban J connectivity index is 1.36. The van der Waals surface area contributed by atoms with E-state index in [0.717, 1.165) is 47.9 Å². The van der Waals surface area contributed by atoms with E-state index < -0.39 is 23.5 Å². The molecule has 0 aromatic heterocycles. The van der Waals surface area contributed by atoms with Crippen LogP contribution in [0.3, 0.4) is 0 Å². The van der Waals surface area contributed by atoms with E-state index in [2.05, 4.69) is 34.9 Å². The lowest BCUT2D eigenvalue weighted by Crippen LogP contribution is -2.51. The minimum absolute atomic E-state index is 0.0354. The topological polar surface area (TPSA) is 105 Å². The molecular weight excluding hydrogens is 444 g/mol. The van der Waals surface area contributed by atoms with E-state index in [0.29, 0.717) is 19.3 Å². The number of carboxylic acids is 1. The number of carbonyl (C=O) groups is 3. The fraction of sp³-hybridized carbons (Fsp3) is 0.464. The average Bonchev–Trinajstić information content (AvgIpc) is 3.47. The number of rotatable bonds is 10. The van der Waals surface area contributed by atoms with Crippen LogP contribution in [0.15, 0.2) is 48.5 Å². The molecule has 186 valence electrons. The van der Waals surface area contributed by atoms with Gasteiger partial charge in [-0.25, -0.2) is 9.59 Å². The molecule has 7 nitrogen and oxygen atoms in total. The summed E-state index contributed by atoms with van der Waals surface area (Å²) in [6, 6.07) is 15.4. The van der Waals surface area contributed by atoms with E-state index >= 15 is 0 Å². The molecule has 2 amide bonds. The van der Waals surface area contributed by atoms with E-state index in [-0.39, 0.29) is 25.0 Å². The molecular formula is C28H34N2O5. The van der Waals surface area contributed by atoms with Gasteiger partial charge in [-0.1, -0.05) is 81.1 Å². The lowest BCUT2D eigenvalue weighted by atomic mass is 9.84. The van der Waals surface area contributed by atoms with Crippen molar-refractivity contribution in [1.29, 1.82) is 0 Å². The molecule has 2 aliphatic rings. The van der Waals surface area contributed by atoms with Gasteiger partial charge in [0.2, 0.25) is 5.91 Å². The van der Waals surface area contributed by atoms with Crippen LogP contribution in [0.4, 0.5) is 4.79 Å².